The highest BCUT2D eigenvalue weighted by molar-refractivity contribution is 7.14. The quantitative estimate of drug-likeness (QED) is 0.437. The summed E-state index contributed by atoms with van der Waals surface area (Å²) in [4.78, 5) is 27.7. The molecule has 148 valence electrons. The van der Waals surface area contributed by atoms with E-state index in [0.29, 0.717) is 11.7 Å². The van der Waals surface area contributed by atoms with Crippen molar-refractivity contribution >= 4 is 34.4 Å². The summed E-state index contributed by atoms with van der Waals surface area (Å²) in [5, 5.41) is 4.52. The molecule has 0 fully saturated rings. The van der Waals surface area contributed by atoms with Crippen LogP contribution < -0.4 is 10.1 Å². The van der Waals surface area contributed by atoms with Crippen LogP contribution in [0.3, 0.4) is 0 Å². The lowest BCUT2D eigenvalue weighted by atomic mass is 10.2. The zero-order valence-electron chi connectivity index (χ0n) is 15.8. The molecule has 0 radical (unpaired) electrons. The maximum atomic E-state index is 12.0. The lowest BCUT2D eigenvalue weighted by Gasteiger charge is -2.06. The largest absolute Gasteiger partial charge is 0.489 e. The Bertz CT molecular complexity index is 982. The molecule has 3 aromatic rings. The Hall–Kier alpha value is -3.45. The molecule has 29 heavy (non-hydrogen) atoms. The number of ether oxygens (including phenoxy) is 2. The maximum Gasteiger partial charge on any atom is 0.357 e. The predicted molar refractivity (Wildman–Crippen MR) is 113 cm³/mol. The number of amides is 1. The zero-order valence-corrected chi connectivity index (χ0v) is 16.6. The molecular formula is C22H20N2O4S. The van der Waals surface area contributed by atoms with Crippen molar-refractivity contribution < 1.29 is 19.1 Å². The number of esters is 1. The first-order valence-electron chi connectivity index (χ1n) is 9.02. The standard InChI is InChI=1S/C22H20N2O4S/c1-2-27-21(26)19-15-29-22(23-19)24-20(25)13-10-16-8-11-18(12-9-16)28-14-17-6-4-3-5-7-17/h3-13,15H,2,14H2,1H3,(H,23,24,25)/b13-10+. The second-order valence-electron chi connectivity index (χ2n) is 5.92. The number of benzene rings is 2. The molecule has 0 unspecified atom stereocenters. The molecule has 0 aliphatic carbocycles. The number of carbonyl (C=O) groups excluding carboxylic acids is 2. The van der Waals surface area contributed by atoms with Gasteiger partial charge in [0.25, 0.3) is 0 Å². The van der Waals surface area contributed by atoms with Crippen molar-refractivity contribution in [3.05, 3.63) is 82.9 Å². The Balaban J connectivity index is 1.50. The van der Waals surface area contributed by atoms with Crippen LogP contribution in [0.5, 0.6) is 5.75 Å². The maximum absolute atomic E-state index is 12.0. The molecule has 1 N–H and O–H groups in total. The van der Waals surface area contributed by atoms with Crippen molar-refractivity contribution in [1.29, 1.82) is 0 Å². The van der Waals surface area contributed by atoms with Crippen LogP contribution >= 0.6 is 11.3 Å². The van der Waals surface area contributed by atoms with Crippen molar-refractivity contribution in [2.45, 2.75) is 13.5 Å². The Morgan fingerprint density at radius 2 is 1.86 bits per heavy atom. The van der Waals surface area contributed by atoms with Crippen molar-refractivity contribution in [2.75, 3.05) is 11.9 Å². The first kappa shape index (κ1) is 20.3. The van der Waals surface area contributed by atoms with Gasteiger partial charge in [0.15, 0.2) is 10.8 Å². The third kappa shape index (κ3) is 6.29. The molecule has 1 heterocycles. The fourth-order valence-corrected chi connectivity index (χ4v) is 3.05. The SMILES string of the molecule is CCOC(=O)c1csc(NC(=O)/C=C/c2ccc(OCc3ccccc3)cc2)n1. The molecule has 0 aliphatic rings. The third-order valence-corrected chi connectivity index (χ3v) is 4.53. The van der Waals surface area contributed by atoms with Crippen LogP contribution in [0.1, 0.15) is 28.5 Å². The van der Waals surface area contributed by atoms with Gasteiger partial charge >= 0.3 is 5.97 Å². The van der Waals surface area contributed by atoms with Gasteiger partial charge in [-0.3, -0.25) is 10.1 Å². The van der Waals surface area contributed by atoms with Gasteiger partial charge in [0, 0.05) is 11.5 Å². The second kappa shape index (κ2) is 10.2. The zero-order chi connectivity index (χ0) is 20.5. The fourth-order valence-electron chi connectivity index (χ4n) is 2.36. The van der Waals surface area contributed by atoms with E-state index >= 15 is 0 Å². The molecule has 0 saturated carbocycles. The van der Waals surface area contributed by atoms with E-state index in [4.69, 9.17) is 9.47 Å². The number of anilines is 1. The number of aromatic nitrogens is 1. The molecule has 0 saturated heterocycles. The average molecular weight is 408 g/mol. The Morgan fingerprint density at radius 1 is 1.10 bits per heavy atom. The molecule has 3 rings (SSSR count). The minimum atomic E-state index is -0.505. The Kier molecular flexibility index (Phi) is 7.13. The number of hydrogen-bond donors (Lipinski definition) is 1. The van der Waals surface area contributed by atoms with E-state index < -0.39 is 5.97 Å². The van der Waals surface area contributed by atoms with Crippen LogP contribution in [0.25, 0.3) is 6.08 Å². The highest BCUT2D eigenvalue weighted by Crippen LogP contribution is 2.17. The van der Waals surface area contributed by atoms with Gasteiger partial charge in [0.05, 0.1) is 6.61 Å². The van der Waals surface area contributed by atoms with E-state index in [1.807, 2.05) is 54.6 Å². The summed E-state index contributed by atoms with van der Waals surface area (Å²) in [5.74, 6) is -0.0849. The van der Waals surface area contributed by atoms with Gasteiger partial charge in [0.1, 0.15) is 12.4 Å². The van der Waals surface area contributed by atoms with Crippen LogP contribution in [0.4, 0.5) is 5.13 Å². The minimum absolute atomic E-state index is 0.183. The predicted octanol–water partition coefficient (Wildman–Crippen LogP) is 4.55. The summed E-state index contributed by atoms with van der Waals surface area (Å²) in [7, 11) is 0. The van der Waals surface area contributed by atoms with Crippen LogP contribution in [-0.4, -0.2) is 23.5 Å². The third-order valence-electron chi connectivity index (χ3n) is 3.77. The first-order chi connectivity index (χ1) is 14.1. The fraction of sp³-hybridized carbons (Fsp3) is 0.136. The number of thiazole rings is 1. The summed E-state index contributed by atoms with van der Waals surface area (Å²) < 4.78 is 10.6. The average Bonchev–Trinajstić information content (AvgIpc) is 3.21. The molecule has 7 heteroatoms. The van der Waals surface area contributed by atoms with E-state index in [9.17, 15) is 9.59 Å². The van der Waals surface area contributed by atoms with Crippen LogP contribution in [0.15, 0.2) is 66.1 Å². The van der Waals surface area contributed by atoms with Gasteiger partial charge in [-0.05, 0) is 36.3 Å². The highest BCUT2D eigenvalue weighted by atomic mass is 32.1. The summed E-state index contributed by atoms with van der Waals surface area (Å²) in [6.45, 7) is 2.50. The number of nitrogens with one attached hydrogen (secondary N) is 1. The Morgan fingerprint density at radius 3 is 2.59 bits per heavy atom. The second-order valence-corrected chi connectivity index (χ2v) is 6.78. The summed E-state index contributed by atoms with van der Waals surface area (Å²) in [6, 6.07) is 17.4. The molecular weight excluding hydrogens is 388 g/mol. The summed E-state index contributed by atoms with van der Waals surface area (Å²) in [5.41, 5.74) is 2.14. The number of hydrogen-bond acceptors (Lipinski definition) is 6. The van der Waals surface area contributed by atoms with Crippen molar-refractivity contribution in [3.63, 3.8) is 0 Å². The van der Waals surface area contributed by atoms with Crippen LogP contribution in [0.2, 0.25) is 0 Å². The molecule has 0 bridgehead atoms. The number of nitrogens with zero attached hydrogens (tertiary/aromatic N) is 1. The molecule has 2 aromatic carbocycles. The molecule has 6 nitrogen and oxygen atoms in total. The summed E-state index contributed by atoms with van der Waals surface area (Å²) >= 11 is 1.16. The van der Waals surface area contributed by atoms with Crippen LogP contribution in [-0.2, 0) is 16.1 Å². The first-order valence-corrected chi connectivity index (χ1v) is 9.90. The van der Waals surface area contributed by atoms with Gasteiger partial charge in [-0.2, -0.15) is 0 Å². The normalized spacial score (nSPS) is 10.7. The van der Waals surface area contributed by atoms with Crippen molar-refractivity contribution in [1.82, 2.24) is 4.98 Å². The lowest BCUT2D eigenvalue weighted by Crippen LogP contribution is -2.09. The Labute approximate surface area is 172 Å². The van der Waals surface area contributed by atoms with E-state index in [-0.39, 0.29) is 18.2 Å². The monoisotopic (exact) mass is 408 g/mol. The van der Waals surface area contributed by atoms with Gasteiger partial charge in [-0.25, -0.2) is 9.78 Å². The highest BCUT2D eigenvalue weighted by Gasteiger charge is 2.12. The van der Waals surface area contributed by atoms with Gasteiger partial charge in [0.2, 0.25) is 5.91 Å². The van der Waals surface area contributed by atoms with Crippen LogP contribution in [0, 0.1) is 0 Å². The molecule has 0 spiro atoms. The smallest absolute Gasteiger partial charge is 0.357 e. The van der Waals surface area contributed by atoms with Crippen molar-refractivity contribution in [3.8, 4) is 5.75 Å². The molecule has 1 aromatic heterocycles. The van der Waals surface area contributed by atoms with E-state index in [2.05, 4.69) is 10.3 Å². The number of carbonyl (C=O) groups is 2. The van der Waals surface area contributed by atoms with Gasteiger partial charge in [-0.15, -0.1) is 11.3 Å². The minimum Gasteiger partial charge on any atom is -0.489 e. The van der Waals surface area contributed by atoms with Crippen molar-refractivity contribution in [2.24, 2.45) is 0 Å². The molecule has 0 atom stereocenters. The van der Waals surface area contributed by atoms with E-state index in [0.717, 1.165) is 28.2 Å². The van der Waals surface area contributed by atoms with E-state index in [1.165, 1.54) is 6.08 Å². The molecule has 0 aliphatic heterocycles. The topological polar surface area (TPSA) is 77.5 Å². The lowest BCUT2D eigenvalue weighted by molar-refractivity contribution is -0.111. The van der Waals surface area contributed by atoms with Gasteiger partial charge in [-0.1, -0.05) is 42.5 Å². The van der Waals surface area contributed by atoms with Gasteiger partial charge < -0.3 is 9.47 Å². The van der Waals surface area contributed by atoms with E-state index in [1.54, 1.807) is 18.4 Å². The number of rotatable bonds is 8. The molecule has 1 amide bonds. The summed E-state index contributed by atoms with van der Waals surface area (Å²) in [6.07, 6.45) is 3.10.